The zero-order valence-electron chi connectivity index (χ0n) is 16.8. The van der Waals surface area contributed by atoms with Crippen LogP contribution in [0.5, 0.6) is 0 Å². The van der Waals surface area contributed by atoms with E-state index in [1.54, 1.807) is 19.2 Å². The van der Waals surface area contributed by atoms with Crippen LogP contribution in [0.25, 0.3) is 0 Å². The van der Waals surface area contributed by atoms with Gasteiger partial charge in [0.15, 0.2) is 6.61 Å². The van der Waals surface area contributed by atoms with Crippen molar-refractivity contribution < 1.29 is 28.7 Å². The zero-order valence-corrected chi connectivity index (χ0v) is 16.8. The van der Waals surface area contributed by atoms with Gasteiger partial charge < -0.3 is 14.8 Å². The van der Waals surface area contributed by atoms with Crippen molar-refractivity contribution in [2.45, 2.75) is 13.3 Å². The van der Waals surface area contributed by atoms with Crippen molar-refractivity contribution >= 4 is 29.4 Å². The highest BCUT2D eigenvalue weighted by molar-refractivity contribution is 6.22. The lowest BCUT2D eigenvalue weighted by molar-refractivity contribution is -0.119. The first-order chi connectivity index (χ1) is 14.4. The Morgan fingerprint density at radius 3 is 2.40 bits per heavy atom. The van der Waals surface area contributed by atoms with E-state index in [-0.39, 0.29) is 23.2 Å². The Morgan fingerprint density at radius 2 is 1.70 bits per heavy atom. The van der Waals surface area contributed by atoms with Crippen LogP contribution in [0.4, 0.5) is 5.69 Å². The number of methoxy groups -OCH3 is 1. The van der Waals surface area contributed by atoms with Crippen molar-refractivity contribution in [1.29, 1.82) is 0 Å². The second kappa shape index (κ2) is 9.32. The Bertz CT molecular complexity index is 984. The summed E-state index contributed by atoms with van der Waals surface area (Å²) in [5, 5.41) is 2.63. The van der Waals surface area contributed by atoms with E-state index >= 15 is 0 Å². The molecule has 8 heteroatoms. The smallest absolute Gasteiger partial charge is 0.338 e. The predicted octanol–water partition coefficient (Wildman–Crippen LogP) is 2.42. The van der Waals surface area contributed by atoms with Crippen molar-refractivity contribution in [2.24, 2.45) is 0 Å². The number of anilines is 1. The van der Waals surface area contributed by atoms with Gasteiger partial charge in [0.1, 0.15) is 0 Å². The first-order valence-electron chi connectivity index (χ1n) is 9.43. The van der Waals surface area contributed by atoms with Gasteiger partial charge >= 0.3 is 5.97 Å². The number of aryl methyl sites for hydroxylation is 1. The standard InChI is InChI=1S/C22H22N2O6/c1-14-4-7-16(8-5-14)23-19(25)13-30-22(28)15-6-9-17-18(12-15)21(27)24(20(17)26)10-3-11-29-2/h4-9,12H,3,10-11,13H2,1-2H3,(H,23,25). The molecule has 3 rings (SSSR count). The minimum Gasteiger partial charge on any atom is -0.452 e. The van der Waals surface area contributed by atoms with Crippen molar-refractivity contribution in [3.8, 4) is 0 Å². The maximum atomic E-state index is 12.5. The zero-order chi connectivity index (χ0) is 21.7. The number of ether oxygens (including phenoxy) is 2. The van der Waals surface area contributed by atoms with Crippen molar-refractivity contribution in [3.05, 3.63) is 64.7 Å². The molecule has 0 fully saturated rings. The summed E-state index contributed by atoms with van der Waals surface area (Å²) >= 11 is 0. The number of imide groups is 1. The molecule has 2 aromatic rings. The first-order valence-corrected chi connectivity index (χ1v) is 9.43. The maximum Gasteiger partial charge on any atom is 0.338 e. The Balaban J connectivity index is 1.60. The molecule has 0 saturated carbocycles. The summed E-state index contributed by atoms with van der Waals surface area (Å²) < 4.78 is 9.98. The average molecular weight is 410 g/mol. The number of benzene rings is 2. The van der Waals surface area contributed by atoms with E-state index in [2.05, 4.69) is 5.32 Å². The molecule has 0 aromatic heterocycles. The highest BCUT2D eigenvalue weighted by atomic mass is 16.5. The van der Waals surface area contributed by atoms with Crippen LogP contribution >= 0.6 is 0 Å². The number of esters is 1. The molecule has 8 nitrogen and oxygen atoms in total. The number of hydrogen-bond donors (Lipinski definition) is 1. The van der Waals surface area contributed by atoms with E-state index in [1.807, 2.05) is 19.1 Å². The highest BCUT2D eigenvalue weighted by Crippen LogP contribution is 2.24. The average Bonchev–Trinajstić information content (AvgIpc) is 2.98. The van der Waals surface area contributed by atoms with Gasteiger partial charge in [-0.05, 0) is 43.7 Å². The molecule has 0 radical (unpaired) electrons. The summed E-state index contributed by atoms with van der Waals surface area (Å²) in [5.41, 5.74) is 2.14. The molecule has 2 aromatic carbocycles. The van der Waals surface area contributed by atoms with Gasteiger partial charge in [0.05, 0.1) is 16.7 Å². The number of rotatable bonds is 8. The van der Waals surface area contributed by atoms with Gasteiger partial charge in [-0.25, -0.2) is 4.79 Å². The van der Waals surface area contributed by atoms with Crippen LogP contribution in [-0.2, 0) is 14.3 Å². The Labute approximate surface area is 173 Å². The predicted molar refractivity (Wildman–Crippen MR) is 108 cm³/mol. The van der Waals surface area contributed by atoms with Crippen molar-refractivity contribution in [2.75, 3.05) is 32.2 Å². The quantitative estimate of drug-likeness (QED) is 0.407. The fourth-order valence-corrected chi connectivity index (χ4v) is 3.04. The Kier molecular flexibility index (Phi) is 6.58. The van der Waals surface area contributed by atoms with Crippen LogP contribution in [0, 0.1) is 6.92 Å². The summed E-state index contributed by atoms with van der Waals surface area (Å²) in [5.74, 6) is -2.10. The van der Waals surface area contributed by atoms with Crippen LogP contribution in [0.2, 0.25) is 0 Å². The fraction of sp³-hybridized carbons (Fsp3) is 0.273. The molecular weight excluding hydrogens is 388 g/mol. The maximum absolute atomic E-state index is 12.5. The van der Waals surface area contributed by atoms with Gasteiger partial charge in [0, 0.05) is 25.9 Å². The van der Waals surface area contributed by atoms with E-state index in [0.29, 0.717) is 18.7 Å². The molecule has 0 aliphatic carbocycles. The first kappa shape index (κ1) is 21.2. The normalized spacial score (nSPS) is 12.7. The van der Waals surface area contributed by atoms with E-state index in [4.69, 9.17) is 9.47 Å². The molecule has 1 N–H and O–H groups in total. The third kappa shape index (κ3) is 4.72. The fourth-order valence-electron chi connectivity index (χ4n) is 3.04. The SMILES string of the molecule is COCCCN1C(=O)c2ccc(C(=O)OCC(=O)Nc3ccc(C)cc3)cc2C1=O. The van der Waals surface area contributed by atoms with Gasteiger partial charge in [-0.2, -0.15) is 0 Å². The van der Waals surface area contributed by atoms with Gasteiger partial charge in [0.2, 0.25) is 0 Å². The summed E-state index contributed by atoms with van der Waals surface area (Å²) in [6.07, 6.45) is 0.521. The largest absolute Gasteiger partial charge is 0.452 e. The molecule has 0 bridgehead atoms. The van der Waals surface area contributed by atoms with Crippen LogP contribution in [0.3, 0.4) is 0 Å². The number of carbonyl (C=O) groups excluding carboxylic acids is 4. The molecule has 0 saturated heterocycles. The molecule has 0 spiro atoms. The van der Waals surface area contributed by atoms with Crippen molar-refractivity contribution in [1.82, 2.24) is 4.90 Å². The van der Waals surface area contributed by atoms with E-state index < -0.39 is 30.3 Å². The minimum atomic E-state index is -0.755. The van der Waals surface area contributed by atoms with Gasteiger partial charge in [-0.1, -0.05) is 17.7 Å². The lowest BCUT2D eigenvalue weighted by atomic mass is 10.1. The van der Waals surface area contributed by atoms with Crippen LogP contribution < -0.4 is 5.32 Å². The lowest BCUT2D eigenvalue weighted by Gasteiger charge is -2.12. The second-order valence-electron chi connectivity index (χ2n) is 6.86. The number of fused-ring (bicyclic) bond motifs is 1. The monoisotopic (exact) mass is 410 g/mol. The summed E-state index contributed by atoms with van der Waals surface area (Å²) in [4.78, 5) is 50.3. The molecule has 0 unspecified atom stereocenters. The molecule has 0 atom stereocenters. The number of carbonyl (C=O) groups is 4. The van der Waals surface area contributed by atoms with Crippen LogP contribution in [0.15, 0.2) is 42.5 Å². The molecule has 156 valence electrons. The molecule has 30 heavy (non-hydrogen) atoms. The van der Waals surface area contributed by atoms with Crippen LogP contribution in [-0.4, -0.2) is 55.5 Å². The molecular formula is C22H22N2O6. The van der Waals surface area contributed by atoms with Gasteiger partial charge in [0.25, 0.3) is 17.7 Å². The highest BCUT2D eigenvalue weighted by Gasteiger charge is 2.35. The summed E-state index contributed by atoms with van der Waals surface area (Å²) in [6, 6.07) is 11.4. The topological polar surface area (TPSA) is 102 Å². The third-order valence-electron chi connectivity index (χ3n) is 4.61. The lowest BCUT2D eigenvalue weighted by Crippen LogP contribution is -2.31. The number of nitrogens with one attached hydrogen (secondary N) is 1. The van der Waals surface area contributed by atoms with Gasteiger partial charge in [-0.15, -0.1) is 0 Å². The van der Waals surface area contributed by atoms with Crippen LogP contribution in [0.1, 0.15) is 43.1 Å². The minimum absolute atomic E-state index is 0.0942. The number of hydrogen-bond acceptors (Lipinski definition) is 6. The molecule has 1 aliphatic rings. The summed E-state index contributed by atoms with van der Waals surface area (Å²) in [7, 11) is 1.54. The van der Waals surface area contributed by atoms with E-state index in [9.17, 15) is 19.2 Å². The number of nitrogens with zero attached hydrogens (tertiary/aromatic N) is 1. The Hall–Kier alpha value is -3.52. The number of amides is 3. The molecule has 1 aliphatic heterocycles. The third-order valence-corrected chi connectivity index (χ3v) is 4.61. The molecule has 1 heterocycles. The van der Waals surface area contributed by atoms with E-state index in [0.717, 1.165) is 10.5 Å². The van der Waals surface area contributed by atoms with E-state index in [1.165, 1.54) is 18.2 Å². The van der Waals surface area contributed by atoms with Crippen molar-refractivity contribution in [3.63, 3.8) is 0 Å². The second-order valence-corrected chi connectivity index (χ2v) is 6.86. The Morgan fingerprint density at radius 1 is 1.00 bits per heavy atom. The van der Waals surface area contributed by atoms with Gasteiger partial charge in [-0.3, -0.25) is 19.3 Å². The molecule has 3 amide bonds. The summed E-state index contributed by atoms with van der Waals surface area (Å²) in [6.45, 7) is 2.12.